The summed E-state index contributed by atoms with van der Waals surface area (Å²) in [5, 5.41) is 15.2. The molecule has 1 saturated heterocycles. The quantitative estimate of drug-likeness (QED) is 0.324. The van der Waals surface area contributed by atoms with E-state index in [1.807, 2.05) is 31.2 Å². The summed E-state index contributed by atoms with van der Waals surface area (Å²) in [6.07, 6.45) is 1.08. The highest BCUT2D eigenvalue weighted by Crippen LogP contribution is 2.49. The predicted molar refractivity (Wildman–Crippen MR) is 137 cm³/mol. The molecule has 0 aliphatic carbocycles. The monoisotopic (exact) mass is 494 g/mol. The molecule has 2 aliphatic rings. The van der Waals surface area contributed by atoms with Crippen molar-refractivity contribution in [1.82, 2.24) is 20.1 Å². The number of nitrogens with one attached hydrogen (secondary N) is 2. The molecule has 2 atom stereocenters. The number of amides is 3. The van der Waals surface area contributed by atoms with Crippen LogP contribution in [0.2, 0.25) is 5.02 Å². The van der Waals surface area contributed by atoms with Crippen molar-refractivity contribution in [1.29, 1.82) is 0 Å². The fraction of sp³-hybridized carbons (Fsp3) is 0.407. The topological polar surface area (TPSA) is 88.7 Å². The van der Waals surface area contributed by atoms with Crippen molar-refractivity contribution in [2.24, 2.45) is 5.92 Å². The minimum Gasteiger partial charge on any atom is -0.508 e. The summed E-state index contributed by atoms with van der Waals surface area (Å²) in [5.41, 5.74) is 2.45. The first-order chi connectivity index (χ1) is 16.7. The molecule has 3 heterocycles. The number of benzene rings is 2. The molecule has 1 fully saturated rings. The minimum atomic E-state index is -1.04. The van der Waals surface area contributed by atoms with Gasteiger partial charge < -0.3 is 15.4 Å². The molecule has 1 aromatic heterocycles. The predicted octanol–water partition coefficient (Wildman–Crippen LogP) is 4.83. The van der Waals surface area contributed by atoms with E-state index in [1.165, 1.54) is 4.90 Å². The maximum atomic E-state index is 13.8. The Morgan fingerprint density at radius 3 is 2.77 bits per heavy atom. The average molecular weight is 495 g/mol. The van der Waals surface area contributed by atoms with Crippen LogP contribution in [0.3, 0.4) is 0 Å². The summed E-state index contributed by atoms with van der Waals surface area (Å²) in [5.74, 6) is 0.471. The van der Waals surface area contributed by atoms with Gasteiger partial charge in [-0.2, -0.15) is 0 Å². The average Bonchev–Trinajstić information content (AvgIpc) is 3.24. The molecule has 0 saturated carbocycles. The molecule has 2 aliphatic heterocycles. The van der Waals surface area contributed by atoms with Gasteiger partial charge in [-0.15, -0.1) is 0 Å². The molecule has 5 rings (SSSR count). The summed E-state index contributed by atoms with van der Waals surface area (Å²) in [6, 6.07) is 11.7. The van der Waals surface area contributed by atoms with Crippen LogP contribution in [0.15, 0.2) is 42.5 Å². The molecule has 0 bridgehead atoms. The van der Waals surface area contributed by atoms with E-state index in [2.05, 4.69) is 24.1 Å². The van der Waals surface area contributed by atoms with Crippen molar-refractivity contribution >= 4 is 34.4 Å². The lowest BCUT2D eigenvalue weighted by Gasteiger charge is -2.42. The largest absolute Gasteiger partial charge is 0.508 e. The van der Waals surface area contributed by atoms with E-state index in [4.69, 9.17) is 11.6 Å². The van der Waals surface area contributed by atoms with Crippen molar-refractivity contribution in [3.63, 3.8) is 0 Å². The van der Waals surface area contributed by atoms with Gasteiger partial charge in [0.1, 0.15) is 17.3 Å². The smallest absolute Gasteiger partial charge is 0.328 e. The number of urea groups is 1. The van der Waals surface area contributed by atoms with Gasteiger partial charge in [0.05, 0.1) is 0 Å². The molecule has 2 aromatic carbocycles. The molecule has 0 radical (unpaired) electrons. The third kappa shape index (κ3) is 3.96. The summed E-state index contributed by atoms with van der Waals surface area (Å²) in [4.78, 5) is 34.2. The molecule has 8 heteroatoms. The number of aromatic amines is 1. The molecule has 3 aromatic rings. The number of carbonyl (C=O) groups is 2. The van der Waals surface area contributed by atoms with E-state index < -0.39 is 11.6 Å². The van der Waals surface area contributed by atoms with Crippen LogP contribution >= 0.6 is 11.6 Å². The SMILES string of the molecule is CC(C)CNCCCN1C(=O)N2[C@H](c3cccc(O)c3)c3[nH]c4ccc(Cl)cc4c3C[C@@]2(C)C1=O. The van der Waals surface area contributed by atoms with Crippen LogP contribution in [-0.4, -0.2) is 57.0 Å². The van der Waals surface area contributed by atoms with Crippen LogP contribution < -0.4 is 5.32 Å². The number of phenols is 1. The molecular formula is C27H31ClN4O3. The third-order valence-corrected chi connectivity index (χ3v) is 7.34. The third-order valence-electron chi connectivity index (χ3n) is 7.10. The highest BCUT2D eigenvalue weighted by Gasteiger charge is 2.60. The number of phenolic OH excluding ortho intramolecular Hbond substituents is 1. The number of hydrogen-bond acceptors (Lipinski definition) is 4. The Kier molecular flexibility index (Phi) is 6.01. The van der Waals surface area contributed by atoms with Crippen molar-refractivity contribution < 1.29 is 14.7 Å². The number of imide groups is 1. The summed E-state index contributed by atoms with van der Waals surface area (Å²) in [6.45, 7) is 8.15. The van der Waals surface area contributed by atoms with Crippen LogP contribution in [0.25, 0.3) is 10.9 Å². The van der Waals surface area contributed by atoms with Gasteiger partial charge in [-0.25, -0.2) is 4.79 Å². The van der Waals surface area contributed by atoms with Gasteiger partial charge in [0.2, 0.25) is 0 Å². The first-order valence-electron chi connectivity index (χ1n) is 12.2. The van der Waals surface area contributed by atoms with E-state index in [0.29, 0.717) is 30.3 Å². The summed E-state index contributed by atoms with van der Waals surface area (Å²) >= 11 is 6.32. The number of H-pyrrole nitrogens is 1. The lowest BCUT2D eigenvalue weighted by atomic mass is 9.81. The summed E-state index contributed by atoms with van der Waals surface area (Å²) in [7, 11) is 0. The van der Waals surface area contributed by atoms with Crippen molar-refractivity contribution in [2.75, 3.05) is 19.6 Å². The number of nitrogens with zero attached hydrogens (tertiary/aromatic N) is 2. The maximum Gasteiger partial charge on any atom is 0.328 e. The van der Waals surface area contributed by atoms with Crippen LogP contribution in [0.4, 0.5) is 4.79 Å². The number of rotatable bonds is 7. The number of hydrogen-bond donors (Lipinski definition) is 3. The van der Waals surface area contributed by atoms with Crippen molar-refractivity contribution in [2.45, 2.75) is 45.2 Å². The Hall–Kier alpha value is -3.03. The lowest BCUT2D eigenvalue weighted by molar-refractivity contribution is -0.133. The second-order valence-corrected chi connectivity index (χ2v) is 10.7. The van der Waals surface area contributed by atoms with Crippen molar-refractivity contribution in [3.05, 3.63) is 64.3 Å². The maximum absolute atomic E-state index is 13.8. The Labute approximate surface area is 210 Å². The van der Waals surface area contributed by atoms with Crippen LogP contribution in [-0.2, 0) is 11.2 Å². The highest BCUT2D eigenvalue weighted by atomic mass is 35.5. The Balaban J connectivity index is 1.56. The molecule has 184 valence electrons. The molecule has 3 N–H and O–H groups in total. The Morgan fingerprint density at radius 1 is 1.23 bits per heavy atom. The van der Waals surface area contributed by atoms with Gasteiger partial charge in [-0.3, -0.25) is 14.6 Å². The number of halogens is 1. The zero-order valence-electron chi connectivity index (χ0n) is 20.3. The standard InChI is InChI=1S/C27H31ClN4O3/c1-16(2)15-29-10-5-11-31-25(34)27(3)14-21-20-13-18(28)8-9-22(20)30-23(21)24(32(27)26(31)35)17-6-4-7-19(33)12-17/h4,6-9,12-13,16,24,29-30,33H,5,10-11,14-15H2,1-3H3/t24-,27+/m1/s1. The van der Waals surface area contributed by atoms with Gasteiger partial charge in [-0.1, -0.05) is 37.6 Å². The fourth-order valence-electron chi connectivity index (χ4n) is 5.48. The van der Waals surface area contributed by atoms with Crippen molar-refractivity contribution in [3.8, 4) is 5.75 Å². The highest BCUT2D eigenvalue weighted by molar-refractivity contribution is 6.31. The number of aromatic hydroxyl groups is 1. The van der Waals surface area contributed by atoms with Crippen LogP contribution in [0.1, 0.15) is 50.1 Å². The molecule has 3 amide bonds. The zero-order chi connectivity index (χ0) is 24.9. The van der Waals surface area contributed by atoms with E-state index in [1.54, 1.807) is 23.1 Å². The van der Waals surface area contributed by atoms with Gasteiger partial charge >= 0.3 is 6.03 Å². The molecule has 7 nitrogen and oxygen atoms in total. The molecule has 35 heavy (non-hydrogen) atoms. The molecule has 0 unspecified atom stereocenters. The first-order valence-corrected chi connectivity index (χ1v) is 12.5. The van der Waals surface area contributed by atoms with Gasteiger partial charge in [-0.05, 0) is 73.8 Å². The molecule has 0 spiro atoms. The Morgan fingerprint density at radius 2 is 2.03 bits per heavy atom. The van der Waals surface area contributed by atoms with Crippen LogP contribution in [0.5, 0.6) is 5.75 Å². The van der Waals surface area contributed by atoms with E-state index in [-0.39, 0.29) is 17.7 Å². The number of carbonyl (C=O) groups excluding carboxylic acids is 2. The van der Waals surface area contributed by atoms with E-state index in [0.717, 1.165) is 40.8 Å². The first kappa shape index (κ1) is 23.7. The fourth-order valence-corrected chi connectivity index (χ4v) is 5.65. The minimum absolute atomic E-state index is 0.113. The molecular weight excluding hydrogens is 464 g/mol. The van der Waals surface area contributed by atoms with E-state index >= 15 is 0 Å². The van der Waals surface area contributed by atoms with E-state index in [9.17, 15) is 14.7 Å². The van der Waals surface area contributed by atoms with Gasteiger partial charge in [0.15, 0.2) is 0 Å². The number of fused-ring (bicyclic) bond motifs is 4. The Bertz CT molecular complexity index is 1300. The second kappa shape index (κ2) is 8.88. The van der Waals surface area contributed by atoms with Gasteiger partial charge in [0.25, 0.3) is 5.91 Å². The lowest BCUT2D eigenvalue weighted by Crippen LogP contribution is -2.53. The van der Waals surface area contributed by atoms with Gasteiger partial charge in [0, 0.05) is 34.6 Å². The zero-order valence-corrected chi connectivity index (χ0v) is 21.0. The number of aromatic nitrogens is 1. The van der Waals surface area contributed by atoms with Crippen LogP contribution in [0, 0.1) is 5.92 Å². The normalized spacial score (nSPS) is 21.8. The second-order valence-electron chi connectivity index (χ2n) is 10.2. The summed E-state index contributed by atoms with van der Waals surface area (Å²) < 4.78 is 0.